The Morgan fingerprint density at radius 3 is 2.57 bits per heavy atom. The number of benzene rings is 1. The van der Waals surface area contributed by atoms with Gasteiger partial charge in [-0.2, -0.15) is 4.31 Å². The van der Waals surface area contributed by atoms with Crippen molar-refractivity contribution >= 4 is 16.1 Å². The van der Waals surface area contributed by atoms with Crippen LogP contribution in [0, 0.1) is 6.92 Å². The Kier molecular flexibility index (Phi) is 3.60. The van der Waals surface area contributed by atoms with E-state index in [9.17, 15) is 8.42 Å². The standard InChI is InChI=1S/C14H16N4O2S/c1-12-2-4-13(5-3-12)6-9-21(19,20)17-10-14(11-17)18-8-7-15-16-18/h2-9,14H,10-11H2,1H3/b9-6+. The van der Waals surface area contributed by atoms with Crippen molar-refractivity contribution < 1.29 is 8.42 Å². The van der Waals surface area contributed by atoms with E-state index in [0.29, 0.717) is 13.1 Å². The minimum atomic E-state index is -3.36. The van der Waals surface area contributed by atoms with Crippen molar-refractivity contribution in [3.8, 4) is 0 Å². The van der Waals surface area contributed by atoms with E-state index in [0.717, 1.165) is 11.1 Å². The second-order valence-electron chi connectivity index (χ2n) is 5.11. The minimum Gasteiger partial charge on any atom is -0.247 e. The molecule has 0 bridgehead atoms. The first-order valence-corrected chi connectivity index (χ1v) is 8.16. The highest BCUT2D eigenvalue weighted by Gasteiger charge is 2.35. The Hall–Kier alpha value is -1.99. The maximum atomic E-state index is 12.2. The lowest BCUT2D eigenvalue weighted by molar-refractivity contribution is 0.191. The van der Waals surface area contributed by atoms with Gasteiger partial charge in [0.15, 0.2) is 0 Å². The van der Waals surface area contributed by atoms with Gasteiger partial charge in [-0.15, -0.1) is 5.10 Å². The van der Waals surface area contributed by atoms with Crippen molar-refractivity contribution in [3.05, 3.63) is 53.2 Å². The van der Waals surface area contributed by atoms with Crippen molar-refractivity contribution in [2.24, 2.45) is 0 Å². The Morgan fingerprint density at radius 1 is 1.24 bits per heavy atom. The zero-order valence-electron chi connectivity index (χ0n) is 11.6. The van der Waals surface area contributed by atoms with E-state index in [4.69, 9.17) is 0 Å². The van der Waals surface area contributed by atoms with Gasteiger partial charge in [-0.25, -0.2) is 13.1 Å². The third-order valence-electron chi connectivity index (χ3n) is 3.51. The molecule has 2 aromatic rings. The molecule has 0 radical (unpaired) electrons. The zero-order chi connectivity index (χ0) is 14.9. The SMILES string of the molecule is Cc1ccc(/C=C/S(=O)(=O)N2CC(n3ccnn3)C2)cc1. The van der Waals surface area contributed by atoms with Crippen molar-refractivity contribution in [2.75, 3.05) is 13.1 Å². The predicted molar refractivity (Wildman–Crippen MR) is 79.8 cm³/mol. The molecule has 3 rings (SSSR count). The van der Waals surface area contributed by atoms with E-state index >= 15 is 0 Å². The van der Waals surface area contributed by atoms with Crippen molar-refractivity contribution in [3.63, 3.8) is 0 Å². The van der Waals surface area contributed by atoms with Crippen LogP contribution in [0.4, 0.5) is 0 Å². The van der Waals surface area contributed by atoms with Crippen LogP contribution in [0.1, 0.15) is 17.2 Å². The van der Waals surface area contributed by atoms with Crippen LogP contribution in [0.25, 0.3) is 6.08 Å². The summed E-state index contributed by atoms with van der Waals surface area (Å²) in [6.07, 6.45) is 4.96. The lowest BCUT2D eigenvalue weighted by atomic mass is 10.2. The summed E-state index contributed by atoms with van der Waals surface area (Å²) in [5.74, 6) is 0. The highest BCUT2D eigenvalue weighted by molar-refractivity contribution is 7.92. The van der Waals surface area contributed by atoms with Gasteiger partial charge < -0.3 is 0 Å². The van der Waals surface area contributed by atoms with Crippen LogP contribution in [0.15, 0.2) is 42.1 Å². The second kappa shape index (κ2) is 5.42. The normalized spacial score (nSPS) is 17.2. The molecule has 0 saturated carbocycles. The molecule has 110 valence electrons. The maximum absolute atomic E-state index is 12.2. The molecular weight excluding hydrogens is 288 g/mol. The topological polar surface area (TPSA) is 68.1 Å². The van der Waals surface area contributed by atoms with Gasteiger partial charge >= 0.3 is 0 Å². The zero-order valence-corrected chi connectivity index (χ0v) is 12.4. The van der Waals surface area contributed by atoms with E-state index < -0.39 is 10.0 Å². The molecule has 1 aliphatic rings. The fourth-order valence-electron chi connectivity index (χ4n) is 2.13. The number of rotatable bonds is 4. The van der Waals surface area contributed by atoms with Gasteiger partial charge in [0, 0.05) is 24.7 Å². The van der Waals surface area contributed by atoms with Gasteiger partial charge in [0.05, 0.1) is 12.2 Å². The Morgan fingerprint density at radius 2 is 1.95 bits per heavy atom. The first-order chi connectivity index (χ1) is 10.0. The average Bonchev–Trinajstić information content (AvgIpc) is 2.90. The molecule has 6 nitrogen and oxygen atoms in total. The van der Waals surface area contributed by atoms with Crippen molar-refractivity contribution in [1.29, 1.82) is 0 Å². The molecule has 1 fully saturated rings. The van der Waals surface area contributed by atoms with E-state index in [1.807, 2.05) is 31.2 Å². The average molecular weight is 304 g/mol. The van der Waals surface area contributed by atoms with Crippen molar-refractivity contribution in [2.45, 2.75) is 13.0 Å². The van der Waals surface area contributed by atoms with Gasteiger partial charge in [-0.3, -0.25) is 0 Å². The van der Waals surface area contributed by atoms with Gasteiger partial charge in [0.25, 0.3) is 0 Å². The Bertz CT molecular complexity index is 730. The van der Waals surface area contributed by atoms with Crippen molar-refractivity contribution in [1.82, 2.24) is 19.3 Å². The summed E-state index contributed by atoms with van der Waals surface area (Å²) in [6.45, 7) is 2.86. The van der Waals surface area contributed by atoms with Gasteiger partial charge in [0.2, 0.25) is 10.0 Å². The fourth-order valence-corrected chi connectivity index (χ4v) is 3.39. The van der Waals surface area contributed by atoms with E-state index in [-0.39, 0.29) is 6.04 Å². The highest BCUT2D eigenvalue weighted by Crippen LogP contribution is 2.24. The fraction of sp³-hybridized carbons (Fsp3) is 0.286. The summed E-state index contributed by atoms with van der Waals surface area (Å²) < 4.78 is 27.4. The summed E-state index contributed by atoms with van der Waals surface area (Å²) in [6, 6.07) is 7.79. The molecule has 0 aliphatic carbocycles. The van der Waals surface area contributed by atoms with Crippen LogP contribution in [0.3, 0.4) is 0 Å². The van der Waals surface area contributed by atoms with Gasteiger partial charge in [-0.1, -0.05) is 35.0 Å². The molecule has 0 amide bonds. The molecule has 21 heavy (non-hydrogen) atoms. The lowest BCUT2D eigenvalue weighted by Crippen LogP contribution is -2.50. The predicted octanol–water partition coefficient (Wildman–Crippen LogP) is 1.44. The summed E-state index contributed by atoms with van der Waals surface area (Å²) in [5, 5.41) is 8.87. The van der Waals surface area contributed by atoms with Crippen LogP contribution < -0.4 is 0 Å². The van der Waals surface area contributed by atoms with Crippen LogP contribution in [-0.2, 0) is 10.0 Å². The molecule has 0 spiro atoms. The highest BCUT2D eigenvalue weighted by atomic mass is 32.2. The summed E-state index contributed by atoms with van der Waals surface area (Å²) in [5.41, 5.74) is 2.02. The molecule has 1 aliphatic heterocycles. The van der Waals surface area contributed by atoms with Gasteiger partial charge in [-0.05, 0) is 18.6 Å². The van der Waals surface area contributed by atoms with E-state index in [1.54, 1.807) is 23.2 Å². The molecule has 7 heteroatoms. The Labute approximate surface area is 123 Å². The number of hydrogen-bond acceptors (Lipinski definition) is 4. The number of aryl methyl sites for hydroxylation is 1. The third-order valence-corrected chi connectivity index (χ3v) is 5.01. The monoisotopic (exact) mass is 304 g/mol. The molecule has 1 aromatic heterocycles. The lowest BCUT2D eigenvalue weighted by Gasteiger charge is -2.36. The molecule has 1 aromatic carbocycles. The second-order valence-corrected chi connectivity index (χ2v) is 6.93. The summed E-state index contributed by atoms with van der Waals surface area (Å²) in [4.78, 5) is 0. The van der Waals surface area contributed by atoms with Crippen LogP contribution in [-0.4, -0.2) is 40.8 Å². The molecule has 1 saturated heterocycles. The summed E-state index contributed by atoms with van der Waals surface area (Å²) >= 11 is 0. The molecular formula is C14H16N4O2S. The molecule has 0 atom stereocenters. The maximum Gasteiger partial charge on any atom is 0.236 e. The number of hydrogen-bond donors (Lipinski definition) is 0. The summed E-state index contributed by atoms with van der Waals surface area (Å²) in [7, 11) is -3.36. The van der Waals surface area contributed by atoms with Crippen LogP contribution in [0.5, 0.6) is 0 Å². The largest absolute Gasteiger partial charge is 0.247 e. The Balaban J connectivity index is 1.64. The minimum absolute atomic E-state index is 0.0787. The van der Waals surface area contributed by atoms with E-state index in [1.165, 1.54) is 9.71 Å². The smallest absolute Gasteiger partial charge is 0.236 e. The number of nitrogens with zero attached hydrogens (tertiary/aromatic N) is 4. The number of sulfonamides is 1. The first kappa shape index (κ1) is 14.0. The van der Waals surface area contributed by atoms with Crippen LogP contribution in [0.2, 0.25) is 0 Å². The van der Waals surface area contributed by atoms with Gasteiger partial charge in [0.1, 0.15) is 0 Å². The third kappa shape index (κ3) is 3.03. The molecule has 0 unspecified atom stereocenters. The molecule has 0 N–H and O–H groups in total. The first-order valence-electron chi connectivity index (χ1n) is 6.65. The number of aromatic nitrogens is 3. The molecule has 2 heterocycles. The quantitative estimate of drug-likeness (QED) is 0.857. The van der Waals surface area contributed by atoms with E-state index in [2.05, 4.69) is 10.3 Å². The van der Waals surface area contributed by atoms with Crippen LogP contribution >= 0.6 is 0 Å².